The Hall–Kier alpha value is -1.47. The quantitative estimate of drug-likeness (QED) is 0.919. The van der Waals surface area contributed by atoms with Gasteiger partial charge in [0.25, 0.3) is 0 Å². The summed E-state index contributed by atoms with van der Waals surface area (Å²) in [4.78, 5) is 11.5. The Labute approximate surface area is 104 Å². The average molecular weight is 270 g/mol. The number of carbonyl (C=O) groups is 1. The molecule has 0 aliphatic heterocycles. The van der Waals surface area contributed by atoms with Gasteiger partial charge in [-0.15, -0.1) is 11.3 Å². The van der Waals surface area contributed by atoms with Crippen molar-refractivity contribution in [1.29, 1.82) is 0 Å². The maximum absolute atomic E-state index is 11.7. The molecule has 0 fully saturated rings. The summed E-state index contributed by atoms with van der Waals surface area (Å²) in [5.74, 6) is 0.535. The molecular formula is C10H10N2O3S2. The van der Waals surface area contributed by atoms with Crippen molar-refractivity contribution < 1.29 is 13.5 Å². The number of amides is 1. The second-order valence-electron chi connectivity index (χ2n) is 3.29. The Balaban J connectivity index is 1.92. The van der Waals surface area contributed by atoms with E-state index in [2.05, 4.69) is 10.5 Å². The van der Waals surface area contributed by atoms with E-state index in [1.54, 1.807) is 25.1 Å². The third-order valence-corrected chi connectivity index (χ3v) is 4.49. The molecule has 0 radical (unpaired) electrons. The normalized spacial score (nSPS) is 12.3. The summed E-state index contributed by atoms with van der Waals surface area (Å²) in [6, 6.07) is 5.15. The van der Waals surface area contributed by atoms with Crippen LogP contribution in [0.4, 0.5) is 5.82 Å². The summed E-state index contributed by atoms with van der Waals surface area (Å²) in [6.45, 7) is 1.73. The predicted molar refractivity (Wildman–Crippen MR) is 65.5 cm³/mol. The van der Waals surface area contributed by atoms with Crippen LogP contribution in [0.25, 0.3) is 0 Å². The lowest BCUT2D eigenvalue weighted by Gasteiger charge is -1.99. The second-order valence-corrected chi connectivity index (χ2v) is 5.92. The van der Waals surface area contributed by atoms with Crippen molar-refractivity contribution in [1.82, 2.24) is 5.16 Å². The number of aryl methyl sites for hydroxylation is 1. The molecule has 0 saturated heterocycles. The monoisotopic (exact) mass is 270 g/mol. The summed E-state index contributed by atoms with van der Waals surface area (Å²) in [5, 5.41) is 7.97. The van der Waals surface area contributed by atoms with Gasteiger partial charge in [-0.2, -0.15) is 0 Å². The standard InChI is InChI=1S/C10H10N2O3S2/c1-7-5-8(12-15-7)11-9(13)6-17(14)10-3-2-4-16-10/h2-5H,6H2,1H3,(H,11,12,13)/t17-/m0/s1. The minimum absolute atomic E-state index is 0.0770. The highest BCUT2D eigenvalue weighted by atomic mass is 32.2. The fourth-order valence-electron chi connectivity index (χ4n) is 1.19. The largest absolute Gasteiger partial charge is 0.360 e. The van der Waals surface area contributed by atoms with Crippen molar-refractivity contribution in [2.24, 2.45) is 0 Å². The van der Waals surface area contributed by atoms with E-state index in [-0.39, 0.29) is 11.7 Å². The van der Waals surface area contributed by atoms with E-state index in [0.29, 0.717) is 15.8 Å². The molecule has 5 nitrogen and oxygen atoms in total. The van der Waals surface area contributed by atoms with E-state index >= 15 is 0 Å². The van der Waals surface area contributed by atoms with Gasteiger partial charge in [0.1, 0.15) is 11.5 Å². The molecular weight excluding hydrogens is 260 g/mol. The van der Waals surface area contributed by atoms with Crippen molar-refractivity contribution in [3.8, 4) is 0 Å². The Morgan fingerprint density at radius 2 is 2.47 bits per heavy atom. The van der Waals surface area contributed by atoms with Crippen LogP contribution >= 0.6 is 11.3 Å². The Morgan fingerprint density at radius 3 is 3.06 bits per heavy atom. The van der Waals surface area contributed by atoms with Crippen molar-refractivity contribution in [2.75, 3.05) is 11.1 Å². The number of anilines is 1. The van der Waals surface area contributed by atoms with Gasteiger partial charge in [0.2, 0.25) is 5.91 Å². The molecule has 0 aliphatic carbocycles. The van der Waals surface area contributed by atoms with E-state index < -0.39 is 10.8 Å². The van der Waals surface area contributed by atoms with Gasteiger partial charge in [-0.1, -0.05) is 11.2 Å². The minimum atomic E-state index is -1.30. The molecule has 0 unspecified atom stereocenters. The van der Waals surface area contributed by atoms with Gasteiger partial charge in [-0.05, 0) is 18.4 Å². The minimum Gasteiger partial charge on any atom is -0.360 e. The van der Waals surface area contributed by atoms with Crippen molar-refractivity contribution in [3.05, 3.63) is 29.3 Å². The fraction of sp³-hybridized carbons (Fsp3) is 0.200. The second kappa shape index (κ2) is 5.24. The maximum Gasteiger partial charge on any atom is 0.238 e. The third kappa shape index (κ3) is 3.24. The smallest absolute Gasteiger partial charge is 0.238 e. The fourth-order valence-corrected chi connectivity index (χ4v) is 3.09. The van der Waals surface area contributed by atoms with E-state index in [9.17, 15) is 9.00 Å². The molecule has 7 heteroatoms. The van der Waals surface area contributed by atoms with Crippen LogP contribution < -0.4 is 5.32 Å². The summed E-state index contributed by atoms with van der Waals surface area (Å²) < 4.78 is 17.2. The van der Waals surface area contributed by atoms with Gasteiger partial charge in [0, 0.05) is 6.07 Å². The molecule has 0 aliphatic rings. The van der Waals surface area contributed by atoms with Gasteiger partial charge >= 0.3 is 0 Å². The molecule has 0 aromatic carbocycles. The highest BCUT2D eigenvalue weighted by Crippen LogP contribution is 2.14. The van der Waals surface area contributed by atoms with E-state index in [4.69, 9.17) is 4.52 Å². The molecule has 17 heavy (non-hydrogen) atoms. The SMILES string of the molecule is Cc1cc(NC(=O)C[S@](=O)c2cccs2)no1. The van der Waals surface area contributed by atoms with Crippen LogP contribution in [0.15, 0.2) is 32.3 Å². The lowest BCUT2D eigenvalue weighted by atomic mass is 10.5. The van der Waals surface area contributed by atoms with Crippen LogP contribution in [0, 0.1) is 6.92 Å². The van der Waals surface area contributed by atoms with Gasteiger partial charge in [0.05, 0.1) is 15.0 Å². The summed E-state index contributed by atoms with van der Waals surface area (Å²) in [5.41, 5.74) is 0. The number of hydrogen-bond donors (Lipinski definition) is 1. The van der Waals surface area contributed by atoms with E-state index in [0.717, 1.165) is 0 Å². The zero-order valence-corrected chi connectivity index (χ0v) is 10.6. The first kappa shape index (κ1) is 12.0. The third-order valence-electron chi connectivity index (χ3n) is 1.88. The van der Waals surface area contributed by atoms with Crippen LogP contribution in [0.3, 0.4) is 0 Å². The number of carbonyl (C=O) groups excluding carboxylic acids is 1. The molecule has 1 N–H and O–H groups in total. The molecule has 0 saturated carbocycles. The molecule has 2 aromatic heterocycles. The number of hydrogen-bond acceptors (Lipinski definition) is 5. The Kier molecular flexibility index (Phi) is 3.70. The molecule has 0 bridgehead atoms. The first-order valence-corrected chi connectivity index (χ1v) is 7.00. The molecule has 2 aromatic rings. The van der Waals surface area contributed by atoms with Crippen LogP contribution in [0.2, 0.25) is 0 Å². The number of thiophene rings is 1. The molecule has 1 amide bonds. The van der Waals surface area contributed by atoms with Crippen molar-refractivity contribution >= 4 is 33.9 Å². The van der Waals surface area contributed by atoms with Crippen LogP contribution in [0.1, 0.15) is 5.76 Å². The predicted octanol–water partition coefficient (Wildman–Crippen LogP) is 1.79. The number of rotatable bonds is 4. The van der Waals surface area contributed by atoms with Gasteiger partial charge in [0.15, 0.2) is 5.82 Å². The van der Waals surface area contributed by atoms with E-state index in [1.165, 1.54) is 11.3 Å². The zero-order chi connectivity index (χ0) is 12.3. The van der Waals surface area contributed by atoms with Gasteiger partial charge < -0.3 is 9.84 Å². The molecule has 0 spiro atoms. The lowest BCUT2D eigenvalue weighted by molar-refractivity contribution is -0.113. The first-order valence-electron chi connectivity index (χ1n) is 4.80. The first-order chi connectivity index (χ1) is 8.15. The zero-order valence-electron chi connectivity index (χ0n) is 9.00. The maximum atomic E-state index is 11.7. The summed E-state index contributed by atoms with van der Waals surface area (Å²) in [6.07, 6.45) is 0. The van der Waals surface area contributed by atoms with Crippen LogP contribution in [-0.4, -0.2) is 21.0 Å². The van der Waals surface area contributed by atoms with Crippen molar-refractivity contribution in [2.45, 2.75) is 11.1 Å². The Bertz CT molecular complexity index is 534. The molecule has 90 valence electrons. The molecule has 2 rings (SSSR count). The lowest BCUT2D eigenvalue weighted by Crippen LogP contribution is -2.19. The Morgan fingerprint density at radius 1 is 1.65 bits per heavy atom. The summed E-state index contributed by atoms with van der Waals surface area (Å²) in [7, 11) is -1.30. The average Bonchev–Trinajstić information content (AvgIpc) is 2.89. The number of nitrogens with zero attached hydrogens (tertiary/aromatic N) is 1. The van der Waals surface area contributed by atoms with Crippen molar-refractivity contribution in [3.63, 3.8) is 0 Å². The summed E-state index contributed by atoms with van der Waals surface area (Å²) >= 11 is 1.37. The van der Waals surface area contributed by atoms with E-state index in [1.807, 2.05) is 5.38 Å². The number of aromatic nitrogens is 1. The molecule has 1 atom stereocenters. The van der Waals surface area contributed by atoms with Gasteiger partial charge in [-0.25, -0.2) is 0 Å². The van der Waals surface area contributed by atoms with Gasteiger partial charge in [-0.3, -0.25) is 9.00 Å². The molecule has 2 heterocycles. The topological polar surface area (TPSA) is 72.2 Å². The van der Waals surface area contributed by atoms with Crippen LogP contribution in [0.5, 0.6) is 0 Å². The highest BCUT2D eigenvalue weighted by molar-refractivity contribution is 7.88. The van der Waals surface area contributed by atoms with Crippen LogP contribution in [-0.2, 0) is 15.6 Å². The highest BCUT2D eigenvalue weighted by Gasteiger charge is 2.12. The number of nitrogens with one attached hydrogen (secondary N) is 1.